The van der Waals surface area contributed by atoms with Crippen molar-refractivity contribution in [3.63, 3.8) is 0 Å². The van der Waals surface area contributed by atoms with Crippen molar-refractivity contribution in [3.05, 3.63) is 30.6 Å². The molecule has 0 unspecified atom stereocenters. The molecule has 1 rings (SSSR count). The van der Waals surface area contributed by atoms with Gasteiger partial charge >= 0.3 is 0 Å². The van der Waals surface area contributed by atoms with E-state index in [-0.39, 0.29) is 20.4 Å². The molecule has 1 nitrogen and oxygen atoms in total. The van der Waals surface area contributed by atoms with Crippen LogP contribution >= 0.6 is 0 Å². The largest absolute Gasteiger partial charge is 0.394 e. The van der Waals surface area contributed by atoms with Crippen molar-refractivity contribution < 1.29 is 20.4 Å². The molecule has 0 fully saturated rings. The van der Waals surface area contributed by atoms with Gasteiger partial charge < -0.3 is 4.98 Å². The van der Waals surface area contributed by atoms with Gasteiger partial charge in [-0.1, -0.05) is 12.4 Å². The van der Waals surface area contributed by atoms with Gasteiger partial charge in [-0.15, -0.1) is 0 Å². The van der Waals surface area contributed by atoms with Crippen LogP contribution in [0.2, 0.25) is 0 Å². The minimum absolute atomic E-state index is 0. The molecule has 2 heteroatoms. The molecule has 0 aliphatic heterocycles. The van der Waals surface area contributed by atoms with Gasteiger partial charge in [0.25, 0.3) is 0 Å². The second kappa shape index (κ2) is 3.98. The molecule has 0 saturated heterocycles. The van der Waals surface area contributed by atoms with Crippen LogP contribution in [-0.4, -0.2) is 4.98 Å². The van der Waals surface area contributed by atoms with Gasteiger partial charge in [-0.3, -0.25) is 0 Å². The second-order valence-electron chi connectivity index (χ2n) is 0.959. The molecule has 0 aliphatic carbocycles. The average Bonchev–Trinajstić information content (AvgIpc) is 1.72. The van der Waals surface area contributed by atoms with Crippen LogP contribution in [-0.2, 0) is 20.4 Å². The number of rotatable bonds is 0. The molecule has 0 bridgehead atoms. The first-order valence-electron chi connectivity index (χ1n) is 1.77. The molecule has 40 valence electrons. The Morgan fingerprint density at radius 2 is 2.14 bits per heavy atom. The van der Waals surface area contributed by atoms with E-state index < -0.39 is 0 Å². The Balaban J connectivity index is 0.000000360. The summed E-state index contributed by atoms with van der Waals surface area (Å²) in [6.45, 7) is 0. The summed E-state index contributed by atoms with van der Waals surface area (Å²) >= 11 is 0. The molecule has 0 saturated carbocycles. The van der Waals surface area contributed by atoms with Crippen LogP contribution in [0.15, 0.2) is 24.4 Å². The Hall–Kier alpha value is -0.188. The van der Waals surface area contributed by atoms with Crippen molar-refractivity contribution in [1.29, 1.82) is 0 Å². The van der Waals surface area contributed by atoms with Crippen molar-refractivity contribution in [1.82, 2.24) is 4.98 Å². The Morgan fingerprint density at radius 1 is 1.29 bits per heavy atom. The van der Waals surface area contributed by atoms with Gasteiger partial charge in [0.05, 0.1) is 0 Å². The molecule has 0 N–H and O–H groups in total. The van der Waals surface area contributed by atoms with Crippen LogP contribution in [0.3, 0.4) is 0 Å². The fourth-order valence-corrected chi connectivity index (χ4v) is 0.277. The van der Waals surface area contributed by atoms with E-state index in [1.54, 1.807) is 12.3 Å². The van der Waals surface area contributed by atoms with E-state index in [0.29, 0.717) is 0 Å². The molecule has 0 aliphatic rings. The summed E-state index contributed by atoms with van der Waals surface area (Å²) in [6, 6.07) is 5.50. The Labute approximate surface area is 56.4 Å². The molecule has 0 radical (unpaired) electrons. The van der Waals surface area contributed by atoms with Crippen LogP contribution in [0, 0.1) is 6.20 Å². The van der Waals surface area contributed by atoms with Crippen LogP contribution in [0.25, 0.3) is 0 Å². The molecular formula is C5H4NPd-. The first-order valence-corrected chi connectivity index (χ1v) is 1.77. The first-order chi connectivity index (χ1) is 3.00. The van der Waals surface area contributed by atoms with Crippen molar-refractivity contribution in [2.45, 2.75) is 0 Å². The van der Waals surface area contributed by atoms with Gasteiger partial charge in [0.2, 0.25) is 0 Å². The minimum Gasteiger partial charge on any atom is -0.394 e. The van der Waals surface area contributed by atoms with E-state index in [0.717, 1.165) is 0 Å². The molecule has 1 heterocycles. The summed E-state index contributed by atoms with van der Waals surface area (Å²) in [5.74, 6) is 0. The Bertz CT molecular complexity index is 80.0. The maximum atomic E-state index is 3.66. The maximum Gasteiger partial charge on any atom is 0 e. The van der Waals surface area contributed by atoms with Crippen molar-refractivity contribution in [2.24, 2.45) is 0 Å². The van der Waals surface area contributed by atoms with E-state index in [9.17, 15) is 0 Å². The predicted octanol–water partition coefficient (Wildman–Crippen LogP) is 0.879. The maximum absolute atomic E-state index is 3.66. The first kappa shape index (κ1) is 6.81. The third kappa shape index (κ3) is 2.50. The number of aromatic nitrogens is 1. The SMILES string of the molecule is [Pd].[c-]1ccccn1. The van der Waals surface area contributed by atoms with E-state index in [4.69, 9.17) is 0 Å². The third-order valence-corrected chi connectivity index (χ3v) is 0.517. The third-order valence-electron chi connectivity index (χ3n) is 0.517. The van der Waals surface area contributed by atoms with Crippen molar-refractivity contribution in [3.8, 4) is 0 Å². The van der Waals surface area contributed by atoms with Gasteiger partial charge in [-0.2, -0.15) is 18.2 Å². The van der Waals surface area contributed by atoms with Gasteiger partial charge in [-0.05, 0) is 0 Å². The van der Waals surface area contributed by atoms with Crippen LogP contribution in [0.1, 0.15) is 0 Å². The molecule has 0 amide bonds. The van der Waals surface area contributed by atoms with Gasteiger partial charge in [0, 0.05) is 20.4 Å². The van der Waals surface area contributed by atoms with E-state index in [2.05, 4.69) is 11.2 Å². The molecular weight excluding hydrogens is 180 g/mol. The van der Waals surface area contributed by atoms with E-state index in [1.165, 1.54) is 0 Å². The number of hydrogen-bond donors (Lipinski definition) is 0. The second-order valence-corrected chi connectivity index (χ2v) is 0.959. The molecule has 0 aromatic carbocycles. The predicted molar refractivity (Wildman–Crippen MR) is 23.1 cm³/mol. The fraction of sp³-hybridized carbons (Fsp3) is 0. The zero-order valence-electron chi connectivity index (χ0n) is 3.57. The summed E-state index contributed by atoms with van der Waals surface area (Å²) in [7, 11) is 0. The van der Waals surface area contributed by atoms with Gasteiger partial charge in [-0.25, -0.2) is 0 Å². The monoisotopic (exact) mass is 184 g/mol. The molecule has 0 atom stereocenters. The van der Waals surface area contributed by atoms with Gasteiger partial charge in [0.1, 0.15) is 0 Å². The summed E-state index contributed by atoms with van der Waals surface area (Å²) in [5, 5.41) is 0. The zero-order chi connectivity index (χ0) is 4.24. The van der Waals surface area contributed by atoms with E-state index in [1.807, 2.05) is 12.1 Å². The van der Waals surface area contributed by atoms with Gasteiger partial charge in [0.15, 0.2) is 0 Å². The minimum atomic E-state index is 0. The smallest absolute Gasteiger partial charge is 0 e. The van der Waals surface area contributed by atoms with Crippen LogP contribution < -0.4 is 0 Å². The molecule has 1 aromatic heterocycles. The number of hydrogen-bond acceptors (Lipinski definition) is 1. The van der Waals surface area contributed by atoms with E-state index >= 15 is 0 Å². The quantitative estimate of drug-likeness (QED) is 0.431. The van der Waals surface area contributed by atoms with Crippen LogP contribution in [0.5, 0.6) is 0 Å². The summed E-state index contributed by atoms with van der Waals surface area (Å²) in [5.41, 5.74) is 0. The Morgan fingerprint density at radius 3 is 2.29 bits per heavy atom. The average molecular weight is 185 g/mol. The zero-order valence-corrected chi connectivity index (χ0v) is 5.13. The van der Waals surface area contributed by atoms with Crippen molar-refractivity contribution in [2.75, 3.05) is 0 Å². The normalized spacial score (nSPS) is 6.86. The summed E-state index contributed by atoms with van der Waals surface area (Å²) < 4.78 is 0. The molecule has 0 spiro atoms. The fourth-order valence-electron chi connectivity index (χ4n) is 0.277. The number of nitrogens with zero attached hydrogens (tertiary/aromatic N) is 1. The molecule has 7 heavy (non-hydrogen) atoms. The topological polar surface area (TPSA) is 12.9 Å². The Kier molecular flexibility index (Phi) is 3.88. The summed E-state index contributed by atoms with van der Waals surface area (Å²) in [6.07, 6.45) is 4.34. The standard InChI is InChI=1S/C5H4N.Pd/c1-2-4-6-5-3-1;/h1-4H;/q-1;. The molecule has 1 aromatic rings. The summed E-state index contributed by atoms with van der Waals surface area (Å²) in [4.78, 5) is 3.66. The van der Waals surface area contributed by atoms with Crippen molar-refractivity contribution >= 4 is 0 Å². The number of pyridine rings is 1. The van der Waals surface area contributed by atoms with Crippen LogP contribution in [0.4, 0.5) is 0 Å².